The molecule has 1 aliphatic rings. The highest BCUT2D eigenvalue weighted by Gasteiger charge is 2.34. The lowest BCUT2D eigenvalue weighted by Crippen LogP contribution is -2.52. The van der Waals surface area contributed by atoms with E-state index < -0.39 is 0 Å². The second-order valence-corrected chi connectivity index (χ2v) is 10.5. The first kappa shape index (κ1) is 24.8. The Labute approximate surface area is 205 Å². The Balaban J connectivity index is 1.63. The predicted octanol–water partition coefficient (Wildman–Crippen LogP) is 2.74. The number of tetrazole rings is 1. The summed E-state index contributed by atoms with van der Waals surface area (Å²) in [6.45, 7) is 12.9. The topological polar surface area (TPSA) is 138 Å². The maximum atomic E-state index is 14.0. The van der Waals surface area contributed by atoms with Gasteiger partial charge in [0.1, 0.15) is 23.0 Å². The molecule has 0 unspecified atom stereocenters. The van der Waals surface area contributed by atoms with Crippen LogP contribution in [0.4, 0.5) is 5.82 Å². The SMILES string of the molecule is CC(C)CN(C(=O)c1cnc(C(C)(C)C)nc1NCc1ccco1)[C@@H]1CNC[C@@H](c2nn[nH]n2)C1. The fourth-order valence-electron chi connectivity index (χ4n) is 4.26. The van der Waals surface area contributed by atoms with Crippen molar-refractivity contribution in [3.05, 3.63) is 47.6 Å². The number of hydrogen-bond acceptors (Lipinski definition) is 9. The van der Waals surface area contributed by atoms with Crippen LogP contribution < -0.4 is 10.6 Å². The molecule has 0 aromatic carbocycles. The van der Waals surface area contributed by atoms with Gasteiger partial charge in [-0.05, 0) is 24.5 Å². The van der Waals surface area contributed by atoms with Gasteiger partial charge in [0.05, 0.1) is 12.8 Å². The van der Waals surface area contributed by atoms with Crippen molar-refractivity contribution in [1.82, 2.24) is 40.8 Å². The van der Waals surface area contributed by atoms with E-state index in [0.717, 1.165) is 18.7 Å². The molecule has 188 valence electrons. The molecule has 0 aliphatic carbocycles. The number of piperidine rings is 1. The number of hydrogen-bond donors (Lipinski definition) is 3. The maximum Gasteiger partial charge on any atom is 0.259 e. The number of carbonyl (C=O) groups excluding carboxylic acids is 1. The molecule has 3 aromatic heterocycles. The van der Waals surface area contributed by atoms with Gasteiger partial charge < -0.3 is 20.0 Å². The van der Waals surface area contributed by atoms with E-state index >= 15 is 0 Å². The molecule has 1 amide bonds. The van der Waals surface area contributed by atoms with Gasteiger partial charge in [-0.25, -0.2) is 9.97 Å². The third-order valence-electron chi connectivity index (χ3n) is 6.02. The van der Waals surface area contributed by atoms with Crippen LogP contribution in [-0.2, 0) is 12.0 Å². The number of anilines is 1. The van der Waals surface area contributed by atoms with E-state index in [1.54, 1.807) is 12.5 Å². The van der Waals surface area contributed by atoms with E-state index in [1.165, 1.54) is 0 Å². The Hall–Kier alpha value is -3.34. The Kier molecular flexibility index (Phi) is 7.44. The molecular formula is C24H35N9O2. The molecule has 4 rings (SSSR count). The largest absolute Gasteiger partial charge is 0.467 e. The second kappa shape index (κ2) is 10.5. The molecule has 35 heavy (non-hydrogen) atoms. The van der Waals surface area contributed by atoms with Crippen LogP contribution >= 0.6 is 0 Å². The molecule has 0 radical (unpaired) electrons. The lowest BCUT2D eigenvalue weighted by atomic mass is 9.93. The minimum absolute atomic E-state index is 0.0256. The smallest absolute Gasteiger partial charge is 0.259 e. The minimum atomic E-state index is -0.259. The first-order valence-electron chi connectivity index (χ1n) is 12.1. The number of nitrogens with one attached hydrogen (secondary N) is 3. The fraction of sp³-hybridized carbons (Fsp3) is 0.583. The molecule has 2 atom stereocenters. The van der Waals surface area contributed by atoms with Crippen molar-refractivity contribution < 1.29 is 9.21 Å². The minimum Gasteiger partial charge on any atom is -0.467 e. The van der Waals surface area contributed by atoms with E-state index in [4.69, 9.17) is 9.40 Å². The van der Waals surface area contributed by atoms with Crippen molar-refractivity contribution >= 4 is 11.7 Å². The van der Waals surface area contributed by atoms with Gasteiger partial charge in [0.2, 0.25) is 0 Å². The summed E-state index contributed by atoms with van der Waals surface area (Å²) in [5.41, 5.74) is 0.192. The van der Waals surface area contributed by atoms with Crippen molar-refractivity contribution in [3.8, 4) is 0 Å². The van der Waals surface area contributed by atoms with Crippen LogP contribution in [0.1, 0.15) is 74.7 Å². The van der Waals surface area contributed by atoms with Crippen molar-refractivity contribution in [1.29, 1.82) is 0 Å². The second-order valence-electron chi connectivity index (χ2n) is 10.5. The van der Waals surface area contributed by atoms with E-state index in [-0.39, 0.29) is 23.3 Å². The summed E-state index contributed by atoms with van der Waals surface area (Å²) in [5, 5.41) is 21.3. The van der Waals surface area contributed by atoms with Gasteiger partial charge in [0, 0.05) is 43.2 Å². The number of H-pyrrole nitrogens is 1. The van der Waals surface area contributed by atoms with Crippen molar-refractivity contribution in [2.75, 3.05) is 25.0 Å². The van der Waals surface area contributed by atoms with Crippen molar-refractivity contribution in [2.24, 2.45) is 5.92 Å². The maximum absolute atomic E-state index is 14.0. The van der Waals surface area contributed by atoms with Crippen LogP contribution in [0.2, 0.25) is 0 Å². The summed E-state index contributed by atoms with van der Waals surface area (Å²) >= 11 is 0. The van der Waals surface area contributed by atoms with E-state index in [1.807, 2.05) is 17.0 Å². The van der Waals surface area contributed by atoms with E-state index in [0.29, 0.717) is 48.6 Å². The molecule has 1 aliphatic heterocycles. The Morgan fingerprint density at radius 1 is 1.31 bits per heavy atom. The number of aromatic amines is 1. The third-order valence-corrected chi connectivity index (χ3v) is 6.02. The highest BCUT2D eigenvalue weighted by Crippen LogP contribution is 2.27. The van der Waals surface area contributed by atoms with Gasteiger partial charge in [-0.1, -0.05) is 39.8 Å². The Bertz CT molecular complexity index is 1090. The average Bonchev–Trinajstić information content (AvgIpc) is 3.54. The molecule has 1 fully saturated rings. The first-order chi connectivity index (χ1) is 16.7. The molecule has 3 N–H and O–H groups in total. The predicted molar refractivity (Wildman–Crippen MR) is 131 cm³/mol. The van der Waals surface area contributed by atoms with Crippen LogP contribution in [0.5, 0.6) is 0 Å². The van der Waals surface area contributed by atoms with Crippen LogP contribution in [0.3, 0.4) is 0 Å². The summed E-state index contributed by atoms with van der Waals surface area (Å²) in [7, 11) is 0. The Morgan fingerprint density at radius 3 is 2.80 bits per heavy atom. The zero-order valence-corrected chi connectivity index (χ0v) is 21.1. The average molecular weight is 482 g/mol. The molecule has 0 saturated carbocycles. The third kappa shape index (κ3) is 6.02. The quantitative estimate of drug-likeness (QED) is 0.443. The van der Waals surface area contributed by atoms with E-state index in [2.05, 4.69) is 70.9 Å². The van der Waals surface area contributed by atoms with Crippen LogP contribution in [0.25, 0.3) is 0 Å². The van der Waals surface area contributed by atoms with E-state index in [9.17, 15) is 4.79 Å². The number of aromatic nitrogens is 6. The molecule has 1 saturated heterocycles. The molecular weight excluding hydrogens is 446 g/mol. The lowest BCUT2D eigenvalue weighted by molar-refractivity contribution is 0.0607. The normalized spacial score (nSPS) is 18.6. The first-order valence-corrected chi connectivity index (χ1v) is 12.1. The lowest BCUT2D eigenvalue weighted by Gasteiger charge is -2.38. The molecule has 0 bridgehead atoms. The van der Waals surface area contributed by atoms with Crippen molar-refractivity contribution in [2.45, 2.75) is 65.0 Å². The molecule has 0 spiro atoms. The summed E-state index contributed by atoms with van der Waals surface area (Å²) in [6.07, 6.45) is 4.03. The van der Waals surface area contributed by atoms with Crippen LogP contribution in [0.15, 0.2) is 29.0 Å². The highest BCUT2D eigenvalue weighted by molar-refractivity contribution is 5.98. The molecule has 11 heteroatoms. The number of furan rings is 1. The highest BCUT2D eigenvalue weighted by atomic mass is 16.3. The summed E-state index contributed by atoms with van der Waals surface area (Å²) in [5.74, 6) is 2.88. The van der Waals surface area contributed by atoms with Gasteiger partial charge in [-0.15, -0.1) is 10.2 Å². The Morgan fingerprint density at radius 2 is 2.14 bits per heavy atom. The van der Waals surface area contributed by atoms with Gasteiger partial charge in [0.25, 0.3) is 5.91 Å². The zero-order valence-electron chi connectivity index (χ0n) is 21.1. The van der Waals surface area contributed by atoms with Gasteiger partial charge in [-0.3, -0.25) is 4.79 Å². The number of amides is 1. The van der Waals surface area contributed by atoms with Crippen LogP contribution in [0, 0.1) is 5.92 Å². The van der Waals surface area contributed by atoms with Crippen LogP contribution in [-0.4, -0.2) is 67.1 Å². The fourth-order valence-corrected chi connectivity index (χ4v) is 4.26. The summed E-state index contributed by atoms with van der Waals surface area (Å²) < 4.78 is 5.47. The molecule has 4 heterocycles. The monoisotopic (exact) mass is 481 g/mol. The van der Waals surface area contributed by atoms with Crippen molar-refractivity contribution in [3.63, 3.8) is 0 Å². The number of nitrogens with zero attached hydrogens (tertiary/aromatic N) is 6. The molecule has 3 aromatic rings. The summed E-state index contributed by atoms with van der Waals surface area (Å²) in [4.78, 5) is 25.3. The van der Waals surface area contributed by atoms with Gasteiger partial charge >= 0.3 is 0 Å². The van der Waals surface area contributed by atoms with Gasteiger partial charge in [0.15, 0.2) is 5.82 Å². The number of carbonyl (C=O) groups is 1. The summed E-state index contributed by atoms with van der Waals surface area (Å²) in [6, 6.07) is 3.70. The zero-order chi connectivity index (χ0) is 25.0. The van der Waals surface area contributed by atoms with Gasteiger partial charge in [-0.2, -0.15) is 5.21 Å². The standard InChI is InChI=1S/C24H35N9O2/c1-15(2)14-33(17-9-16(10-25-11-17)20-29-31-32-30-20)22(34)19-13-27-23(24(3,4)5)28-21(19)26-12-18-7-6-8-35-18/h6-8,13,15-17,25H,9-12,14H2,1-5H3,(H,26,27,28)(H,29,30,31,32)/t16-,17-/m0/s1. The number of rotatable bonds is 8. The molecule has 11 nitrogen and oxygen atoms in total.